The molecule has 0 aliphatic carbocycles. The van der Waals surface area contributed by atoms with E-state index in [4.69, 9.17) is 4.74 Å². The molecule has 0 aliphatic rings. The van der Waals surface area contributed by atoms with Gasteiger partial charge in [0.15, 0.2) is 6.61 Å². The van der Waals surface area contributed by atoms with Gasteiger partial charge < -0.3 is 10.1 Å². The summed E-state index contributed by atoms with van der Waals surface area (Å²) in [7, 11) is 0. The monoisotopic (exact) mass is 221 g/mol. The van der Waals surface area contributed by atoms with Crippen molar-refractivity contribution in [3.05, 3.63) is 29.8 Å². The lowest BCUT2D eigenvalue weighted by atomic mass is 10.2. The van der Waals surface area contributed by atoms with Crippen LogP contribution in [0.15, 0.2) is 24.3 Å². The summed E-state index contributed by atoms with van der Waals surface area (Å²) in [5.74, 6) is 0.662. The van der Waals surface area contributed by atoms with Crippen molar-refractivity contribution in [2.24, 2.45) is 0 Å². The molecule has 0 saturated heterocycles. The van der Waals surface area contributed by atoms with E-state index in [1.165, 1.54) is 0 Å². The number of amides is 1. The van der Waals surface area contributed by atoms with Gasteiger partial charge in [-0.25, -0.2) is 0 Å². The second kappa shape index (κ2) is 6.16. The van der Waals surface area contributed by atoms with E-state index in [0.717, 1.165) is 17.7 Å². The van der Waals surface area contributed by atoms with Crippen LogP contribution in [0.2, 0.25) is 0 Å². The summed E-state index contributed by atoms with van der Waals surface area (Å²) in [6, 6.07) is 7.87. The Balaban J connectivity index is 2.37. The smallest absolute Gasteiger partial charge is 0.258 e. The van der Waals surface area contributed by atoms with Gasteiger partial charge in [-0.1, -0.05) is 19.1 Å². The van der Waals surface area contributed by atoms with Crippen LogP contribution < -0.4 is 10.1 Å². The van der Waals surface area contributed by atoms with Crippen LogP contribution in [0.1, 0.15) is 25.8 Å². The molecule has 16 heavy (non-hydrogen) atoms. The largest absolute Gasteiger partial charge is 0.484 e. The fraction of sp³-hybridized carbons (Fsp3) is 0.462. The molecule has 1 atom stereocenters. The van der Waals surface area contributed by atoms with Crippen LogP contribution in [0.4, 0.5) is 0 Å². The minimum Gasteiger partial charge on any atom is -0.484 e. The van der Waals surface area contributed by atoms with Crippen molar-refractivity contribution in [1.29, 1.82) is 0 Å². The zero-order valence-electron chi connectivity index (χ0n) is 10.1. The van der Waals surface area contributed by atoms with Gasteiger partial charge in [0.25, 0.3) is 5.91 Å². The second-order valence-electron chi connectivity index (χ2n) is 3.98. The lowest BCUT2D eigenvalue weighted by Gasteiger charge is -2.12. The summed E-state index contributed by atoms with van der Waals surface area (Å²) in [6.45, 7) is 6.08. The van der Waals surface area contributed by atoms with E-state index >= 15 is 0 Å². The molecule has 0 bridgehead atoms. The predicted octanol–water partition coefficient (Wildman–Crippen LogP) is 2.29. The van der Waals surface area contributed by atoms with Gasteiger partial charge in [0.05, 0.1) is 0 Å². The average Bonchev–Trinajstić information content (AvgIpc) is 2.26. The summed E-state index contributed by atoms with van der Waals surface area (Å²) in [5, 5.41) is 2.85. The molecule has 1 aromatic carbocycles. The van der Waals surface area contributed by atoms with E-state index in [1.807, 2.05) is 45.0 Å². The number of rotatable bonds is 5. The number of aryl methyl sites for hydroxylation is 1. The average molecular weight is 221 g/mol. The Morgan fingerprint density at radius 3 is 2.88 bits per heavy atom. The quantitative estimate of drug-likeness (QED) is 0.828. The zero-order chi connectivity index (χ0) is 12.0. The van der Waals surface area contributed by atoms with Crippen LogP contribution in [-0.2, 0) is 4.79 Å². The fourth-order valence-corrected chi connectivity index (χ4v) is 1.27. The molecule has 0 fully saturated rings. The third-order valence-electron chi connectivity index (χ3n) is 2.38. The maximum atomic E-state index is 11.4. The van der Waals surface area contributed by atoms with Crippen LogP contribution in [0, 0.1) is 6.92 Å². The van der Waals surface area contributed by atoms with E-state index in [0.29, 0.717) is 0 Å². The van der Waals surface area contributed by atoms with E-state index in [2.05, 4.69) is 5.32 Å². The van der Waals surface area contributed by atoms with Crippen molar-refractivity contribution in [3.8, 4) is 5.75 Å². The van der Waals surface area contributed by atoms with Gasteiger partial charge >= 0.3 is 0 Å². The first-order chi connectivity index (χ1) is 7.61. The molecule has 1 N–H and O–H groups in total. The molecule has 88 valence electrons. The third-order valence-corrected chi connectivity index (χ3v) is 2.38. The van der Waals surface area contributed by atoms with Gasteiger partial charge in [0, 0.05) is 6.04 Å². The molecule has 3 nitrogen and oxygen atoms in total. The van der Waals surface area contributed by atoms with Gasteiger partial charge in [-0.05, 0) is 38.0 Å². The minimum absolute atomic E-state index is 0.0733. The standard InChI is InChI=1S/C13H19NO2/c1-4-11(3)14-13(15)9-16-12-7-5-6-10(2)8-12/h5-8,11H,4,9H2,1-3H3,(H,14,15)/t11-/m0/s1. The fourth-order valence-electron chi connectivity index (χ4n) is 1.27. The highest BCUT2D eigenvalue weighted by molar-refractivity contribution is 5.77. The molecule has 0 spiro atoms. The Morgan fingerprint density at radius 1 is 1.50 bits per heavy atom. The van der Waals surface area contributed by atoms with Gasteiger partial charge in [-0.3, -0.25) is 4.79 Å². The zero-order valence-corrected chi connectivity index (χ0v) is 10.1. The SMILES string of the molecule is CC[C@H](C)NC(=O)COc1cccc(C)c1. The summed E-state index contributed by atoms with van der Waals surface area (Å²) < 4.78 is 5.38. The summed E-state index contributed by atoms with van der Waals surface area (Å²) in [6.07, 6.45) is 0.927. The molecule has 1 amide bonds. The van der Waals surface area contributed by atoms with Crippen molar-refractivity contribution in [3.63, 3.8) is 0 Å². The Hall–Kier alpha value is -1.51. The van der Waals surface area contributed by atoms with Gasteiger partial charge in [-0.15, -0.1) is 0 Å². The van der Waals surface area contributed by atoms with Crippen molar-refractivity contribution in [2.45, 2.75) is 33.2 Å². The molecule has 0 unspecified atom stereocenters. The summed E-state index contributed by atoms with van der Waals surface area (Å²) in [4.78, 5) is 11.4. The van der Waals surface area contributed by atoms with E-state index in [1.54, 1.807) is 0 Å². The summed E-state index contributed by atoms with van der Waals surface area (Å²) in [5.41, 5.74) is 1.12. The van der Waals surface area contributed by atoms with Crippen LogP contribution >= 0.6 is 0 Å². The lowest BCUT2D eigenvalue weighted by Crippen LogP contribution is -2.35. The molecule has 0 aliphatic heterocycles. The normalized spacial score (nSPS) is 11.9. The van der Waals surface area contributed by atoms with Crippen molar-refractivity contribution in [2.75, 3.05) is 6.61 Å². The highest BCUT2D eigenvalue weighted by Gasteiger charge is 2.05. The number of benzene rings is 1. The molecular weight excluding hydrogens is 202 g/mol. The molecule has 1 rings (SSSR count). The first kappa shape index (κ1) is 12.6. The number of carbonyl (C=O) groups is 1. The Bertz CT molecular complexity index is 350. The van der Waals surface area contributed by atoms with Crippen LogP contribution in [0.3, 0.4) is 0 Å². The summed E-state index contributed by atoms with van der Waals surface area (Å²) >= 11 is 0. The maximum absolute atomic E-state index is 11.4. The Kier molecular flexibility index (Phi) is 4.83. The maximum Gasteiger partial charge on any atom is 0.258 e. The molecule has 0 heterocycles. The van der Waals surface area contributed by atoms with E-state index < -0.39 is 0 Å². The van der Waals surface area contributed by atoms with Crippen LogP contribution in [0.25, 0.3) is 0 Å². The Morgan fingerprint density at radius 2 is 2.25 bits per heavy atom. The van der Waals surface area contributed by atoms with Gasteiger partial charge in [0.2, 0.25) is 0 Å². The Labute approximate surface area is 96.8 Å². The molecule has 0 saturated carbocycles. The number of hydrogen-bond donors (Lipinski definition) is 1. The predicted molar refractivity (Wildman–Crippen MR) is 64.6 cm³/mol. The first-order valence-corrected chi connectivity index (χ1v) is 5.60. The number of nitrogens with one attached hydrogen (secondary N) is 1. The third kappa shape index (κ3) is 4.34. The highest BCUT2D eigenvalue weighted by atomic mass is 16.5. The van der Waals surface area contributed by atoms with Crippen molar-refractivity contribution in [1.82, 2.24) is 5.32 Å². The van der Waals surface area contributed by atoms with Crippen molar-refractivity contribution < 1.29 is 9.53 Å². The number of ether oxygens (including phenoxy) is 1. The number of carbonyl (C=O) groups excluding carboxylic acids is 1. The molecule has 3 heteroatoms. The van der Waals surface area contributed by atoms with E-state index in [-0.39, 0.29) is 18.6 Å². The molecule has 0 aromatic heterocycles. The first-order valence-electron chi connectivity index (χ1n) is 5.60. The van der Waals surface area contributed by atoms with Gasteiger partial charge in [0.1, 0.15) is 5.75 Å². The molecular formula is C13H19NO2. The topological polar surface area (TPSA) is 38.3 Å². The second-order valence-corrected chi connectivity index (χ2v) is 3.98. The highest BCUT2D eigenvalue weighted by Crippen LogP contribution is 2.11. The van der Waals surface area contributed by atoms with Crippen molar-refractivity contribution >= 4 is 5.91 Å². The van der Waals surface area contributed by atoms with Gasteiger partial charge in [-0.2, -0.15) is 0 Å². The van der Waals surface area contributed by atoms with E-state index in [9.17, 15) is 4.79 Å². The van der Waals surface area contributed by atoms with Crippen LogP contribution in [0.5, 0.6) is 5.75 Å². The molecule has 0 radical (unpaired) electrons. The van der Waals surface area contributed by atoms with Crippen LogP contribution in [-0.4, -0.2) is 18.6 Å². The molecule has 1 aromatic rings. The minimum atomic E-state index is -0.0733. The lowest BCUT2D eigenvalue weighted by molar-refractivity contribution is -0.123. The number of hydrogen-bond acceptors (Lipinski definition) is 2.